The van der Waals surface area contributed by atoms with Gasteiger partial charge in [-0.1, -0.05) is 68.3 Å². The third-order valence-electron chi connectivity index (χ3n) is 4.28. The van der Waals surface area contributed by atoms with E-state index >= 15 is 0 Å². The van der Waals surface area contributed by atoms with Crippen molar-refractivity contribution in [1.29, 1.82) is 0 Å². The second-order valence-electron chi connectivity index (χ2n) is 5.94. The summed E-state index contributed by atoms with van der Waals surface area (Å²) in [6, 6.07) is 18.6. The summed E-state index contributed by atoms with van der Waals surface area (Å²) in [5.74, 6) is -0.803. The molecule has 0 unspecified atom stereocenters. The molecule has 3 rings (SSSR count). The van der Waals surface area contributed by atoms with Crippen molar-refractivity contribution in [3.63, 3.8) is 0 Å². The smallest absolute Gasteiger partial charge is 0.338 e. The van der Waals surface area contributed by atoms with Crippen LogP contribution in [0.25, 0.3) is 22.3 Å². The summed E-state index contributed by atoms with van der Waals surface area (Å²) in [4.78, 5) is 24.3. The monoisotopic (exact) mass is 502 g/mol. The van der Waals surface area contributed by atoms with Crippen molar-refractivity contribution in [3.8, 4) is 22.3 Å². The molecule has 0 aliphatic carbocycles. The SMILES string of the molecule is COC(=O)c1cc(Br)ccc1-c1ccc(-c2ccc(Br)cc2C(=O)OC)cc1. The van der Waals surface area contributed by atoms with E-state index < -0.39 is 11.9 Å². The molecule has 6 heteroatoms. The third kappa shape index (κ3) is 4.18. The molecule has 0 bridgehead atoms. The van der Waals surface area contributed by atoms with Gasteiger partial charge in [0.25, 0.3) is 0 Å². The normalized spacial score (nSPS) is 10.4. The van der Waals surface area contributed by atoms with Gasteiger partial charge in [0.05, 0.1) is 25.3 Å². The molecule has 0 saturated heterocycles. The zero-order chi connectivity index (χ0) is 20.3. The lowest BCUT2D eigenvalue weighted by atomic mass is 9.95. The molecule has 0 atom stereocenters. The van der Waals surface area contributed by atoms with Gasteiger partial charge < -0.3 is 9.47 Å². The first kappa shape index (κ1) is 20.3. The number of hydrogen-bond acceptors (Lipinski definition) is 4. The number of carbonyl (C=O) groups is 2. The van der Waals surface area contributed by atoms with Crippen LogP contribution >= 0.6 is 31.9 Å². The Morgan fingerprint density at radius 2 is 1.00 bits per heavy atom. The number of benzene rings is 3. The van der Waals surface area contributed by atoms with Crippen LogP contribution in [-0.2, 0) is 9.47 Å². The first-order valence-electron chi connectivity index (χ1n) is 8.31. The Kier molecular flexibility index (Phi) is 6.31. The minimum absolute atomic E-state index is 0.402. The first-order chi connectivity index (χ1) is 13.4. The highest BCUT2D eigenvalue weighted by Gasteiger charge is 2.16. The largest absolute Gasteiger partial charge is 0.465 e. The van der Waals surface area contributed by atoms with Crippen LogP contribution in [0.5, 0.6) is 0 Å². The number of methoxy groups -OCH3 is 2. The van der Waals surface area contributed by atoms with Crippen molar-refractivity contribution in [2.75, 3.05) is 14.2 Å². The second kappa shape index (κ2) is 8.71. The molecule has 0 aromatic heterocycles. The van der Waals surface area contributed by atoms with Gasteiger partial charge in [0.15, 0.2) is 0 Å². The van der Waals surface area contributed by atoms with E-state index in [-0.39, 0.29) is 0 Å². The molecule has 0 amide bonds. The van der Waals surface area contributed by atoms with Crippen molar-refractivity contribution in [2.24, 2.45) is 0 Å². The lowest BCUT2D eigenvalue weighted by Crippen LogP contribution is -2.04. The van der Waals surface area contributed by atoms with Crippen LogP contribution in [0, 0.1) is 0 Å². The molecular formula is C22H16Br2O4. The van der Waals surface area contributed by atoms with Crippen LogP contribution in [0.3, 0.4) is 0 Å². The van der Waals surface area contributed by atoms with Crippen molar-refractivity contribution in [3.05, 3.63) is 80.7 Å². The summed E-state index contributed by atoms with van der Waals surface area (Å²) in [7, 11) is 2.72. The van der Waals surface area contributed by atoms with E-state index in [2.05, 4.69) is 31.9 Å². The fourth-order valence-corrected chi connectivity index (χ4v) is 3.65. The lowest BCUT2D eigenvalue weighted by Gasteiger charge is -2.12. The Morgan fingerprint density at radius 1 is 0.643 bits per heavy atom. The van der Waals surface area contributed by atoms with Gasteiger partial charge in [0.1, 0.15) is 0 Å². The number of halogens is 2. The van der Waals surface area contributed by atoms with Gasteiger partial charge in [0, 0.05) is 8.95 Å². The van der Waals surface area contributed by atoms with Crippen molar-refractivity contribution in [2.45, 2.75) is 0 Å². The summed E-state index contributed by atoms with van der Waals surface area (Å²) >= 11 is 6.77. The number of hydrogen-bond donors (Lipinski definition) is 0. The number of rotatable bonds is 4. The summed E-state index contributed by atoms with van der Waals surface area (Å²) in [5, 5.41) is 0. The highest BCUT2D eigenvalue weighted by Crippen LogP contribution is 2.32. The topological polar surface area (TPSA) is 52.6 Å². The van der Waals surface area contributed by atoms with E-state index in [1.807, 2.05) is 48.5 Å². The number of esters is 2. The molecule has 0 spiro atoms. The van der Waals surface area contributed by atoms with Crippen LogP contribution in [0.4, 0.5) is 0 Å². The van der Waals surface area contributed by atoms with E-state index in [9.17, 15) is 9.59 Å². The van der Waals surface area contributed by atoms with Gasteiger partial charge in [-0.05, 0) is 46.5 Å². The van der Waals surface area contributed by atoms with Crippen LogP contribution in [0.2, 0.25) is 0 Å². The number of ether oxygens (including phenoxy) is 2. The standard InChI is InChI=1S/C22H16Br2O4/c1-27-21(25)19-11-15(23)7-9-17(19)13-3-5-14(6-4-13)18-10-8-16(24)12-20(18)22(26)28-2/h3-12H,1-2H3. The van der Waals surface area contributed by atoms with E-state index in [1.165, 1.54) is 14.2 Å². The summed E-state index contributed by atoms with van der Waals surface area (Å²) < 4.78 is 11.4. The first-order valence-corrected chi connectivity index (χ1v) is 9.89. The van der Waals surface area contributed by atoms with E-state index in [0.29, 0.717) is 11.1 Å². The Hall–Kier alpha value is -2.44. The van der Waals surface area contributed by atoms with Gasteiger partial charge in [-0.2, -0.15) is 0 Å². The lowest BCUT2D eigenvalue weighted by molar-refractivity contribution is 0.0592. The maximum atomic E-state index is 12.1. The maximum absolute atomic E-state index is 12.1. The second-order valence-corrected chi connectivity index (χ2v) is 7.77. The molecule has 0 aliphatic rings. The maximum Gasteiger partial charge on any atom is 0.338 e. The molecule has 0 N–H and O–H groups in total. The molecule has 0 radical (unpaired) electrons. The van der Waals surface area contributed by atoms with Gasteiger partial charge in [-0.25, -0.2) is 9.59 Å². The fraction of sp³-hybridized carbons (Fsp3) is 0.0909. The molecule has 0 heterocycles. The van der Waals surface area contributed by atoms with Gasteiger partial charge in [0.2, 0.25) is 0 Å². The van der Waals surface area contributed by atoms with Crippen molar-refractivity contribution in [1.82, 2.24) is 0 Å². The van der Waals surface area contributed by atoms with Gasteiger partial charge in [-0.3, -0.25) is 0 Å². The summed E-state index contributed by atoms with van der Waals surface area (Å²) in [6.07, 6.45) is 0. The minimum atomic E-state index is -0.402. The zero-order valence-corrected chi connectivity index (χ0v) is 18.3. The molecule has 0 saturated carbocycles. The van der Waals surface area contributed by atoms with E-state index in [1.54, 1.807) is 12.1 Å². The van der Waals surface area contributed by atoms with Gasteiger partial charge >= 0.3 is 11.9 Å². The predicted molar refractivity (Wildman–Crippen MR) is 115 cm³/mol. The Morgan fingerprint density at radius 3 is 1.32 bits per heavy atom. The van der Waals surface area contributed by atoms with Crippen LogP contribution in [0.15, 0.2) is 69.6 Å². The summed E-state index contributed by atoms with van der Waals surface area (Å²) in [6.45, 7) is 0. The Labute approximate surface area is 179 Å². The average Bonchev–Trinajstić information content (AvgIpc) is 2.72. The Bertz CT molecular complexity index is 958. The molecule has 0 fully saturated rings. The zero-order valence-electron chi connectivity index (χ0n) is 15.2. The summed E-state index contributed by atoms with van der Waals surface area (Å²) in [5.41, 5.74) is 4.23. The quantitative estimate of drug-likeness (QED) is 0.402. The van der Waals surface area contributed by atoms with Crippen LogP contribution < -0.4 is 0 Å². The molecule has 142 valence electrons. The van der Waals surface area contributed by atoms with Crippen molar-refractivity contribution < 1.29 is 19.1 Å². The Balaban J connectivity index is 2.05. The van der Waals surface area contributed by atoms with Crippen molar-refractivity contribution >= 4 is 43.8 Å². The van der Waals surface area contributed by atoms with Crippen LogP contribution in [0.1, 0.15) is 20.7 Å². The third-order valence-corrected chi connectivity index (χ3v) is 5.27. The fourth-order valence-electron chi connectivity index (χ4n) is 2.92. The average molecular weight is 504 g/mol. The van der Waals surface area contributed by atoms with Gasteiger partial charge in [-0.15, -0.1) is 0 Å². The molecule has 28 heavy (non-hydrogen) atoms. The minimum Gasteiger partial charge on any atom is -0.465 e. The predicted octanol–water partition coefficient (Wildman–Crippen LogP) is 6.12. The highest BCUT2D eigenvalue weighted by atomic mass is 79.9. The molecule has 3 aromatic rings. The van der Waals surface area contributed by atoms with Crippen LogP contribution in [-0.4, -0.2) is 26.2 Å². The van der Waals surface area contributed by atoms with E-state index in [4.69, 9.17) is 9.47 Å². The molecule has 4 nitrogen and oxygen atoms in total. The number of carbonyl (C=O) groups excluding carboxylic acids is 2. The highest BCUT2D eigenvalue weighted by molar-refractivity contribution is 9.10. The van der Waals surface area contributed by atoms with E-state index in [0.717, 1.165) is 31.2 Å². The molecule has 0 aliphatic heterocycles. The molecule has 3 aromatic carbocycles. The molecular weight excluding hydrogens is 488 g/mol.